The molecule has 0 bridgehead atoms. The van der Waals surface area contributed by atoms with Gasteiger partial charge in [0.2, 0.25) is 12.7 Å². The summed E-state index contributed by atoms with van der Waals surface area (Å²) >= 11 is 3.94. The Morgan fingerprint density at radius 2 is 1.93 bits per heavy atom. The number of nitrogens with one attached hydrogen (secondary N) is 2. The van der Waals surface area contributed by atoms with Crippen LogP contribution >= 0.6 is 34.4 Å². The molecule has 4 heterocycles. The minimum absolute atomic E-state index is 0.128. The van der Waals surface area contributed by atoms with E-state index in [1.165, 1.54) is 53.6 Å². The molecule has 3 atom stereocenters. The highest BCUT2D eigenvalue weighted by Gasteiger charge is 2.56. The lowest BCUT2D eigenvalue weighted by Crippen LogP contribution is -2.74. The molecule has 2 aromatic rings. The van der Waals surface area contributed by atoms with Crippen LogP contribution < -0.4 is 10.6 Å². The normalized spacial score (nSPS) is 20.0. The van der Waals surface area contributed by atoms with Crippen LogP contribution in [0, 0.1) is 12.3 Å². The molecule has 44 heavy (non-hydrogen) atoms. The molecule has 0 saturated carbocycles. The number of amides is 2. The van der Waals surface area contributed by atoms with E-state index in [-0.39, 0.29) is 18.1 Å². The van der Waals surface area contributed by atoms with E-state index in [0.29, 0.717) is 10.7 Å². The molecule has 2 N–H and O–H groups in total. The van der Waals surface area contributed by atoms with Gasteiger partial charge in [-0.1, -0.05) is 11.2 Å². The summed E-state index contributed by atoms with van der Waals surface area (Å²) < 4.78 is 15.4. The number of thioether (sulfide) groups is 1. The van der Waals surface area contributed by atoms with Crippen molar-refractivity contribution in [1.82, 2.24) is 20.2 Å². The summed E-state index contributed by atoms with van der Waals surface area (Å²) in [4.78, 5) is 67.9. The lowest BCUT2D eigenvalue weighted by Gasteiger charge is -2.51. The molecular formula is C27H32N6O8S3. The molecule has 1 fully saturated rings. The average Bonchev–Trinajstić information content (AvgIpc) is 3.63. The van der Waals surface area contributed by atoms with Gasteiger partial charge in [-0.05, 0) is 44.8 Å². The van der Waals surface area contributed by atoms with Gasteiger partial charge in [0.05, 0.1) is 16.6 Å². The Morgan fingerprint density at radius 3 is 2.59 bits per heavy atom. The Hall–Kier alpha value is -3.80. The van der Waals surface area contributed by atoms with Crippen LogP contribution in [0.1, 0.15) is 37.0 Å². The maximum Gasteiger partial charge on any atom is 0.336 e. The number of ether oxygens (including phenoxy) is 3. The van der Waals surface area contributed by atoms with Crippen LogP contribution in [0.2, 0.25) is 0 Å². The van der Waals surface area contributed by atoms with Gasteiger partial charge < -0.3 is 34.6 Å². The second kappa shape index (κ2) is 14.3. The summed E-state index contributed by atoms with van der Waals surface area (Å²) in [7, 11) is 2.82. The van der Waals surface area contributed by atoms with Gasteiger partial charge in [-0.2, -0.15) is 0 Å². The summed E-state index contributed by atoms with van der Waals surface area (Å²) in [6.07, 6.45) is 3.52. The van der Waals surface area contributed by atoms with Crippen molar-refractivity contribution >= 4 is 75.1 Å². The van der Waals surface area contributed by atoms with Crippen LogP contribution in [0.5, 0.6) is 0 Å². The van der Waals surface area contributed by atoms with Gasteiger partial charge in [0.15, 0.2) is 16.9 Å². The molecule has 4 rings (SSSR count). The lowest BCUT2D eigenvalue weighted by atomic mass is 9.97. The number of oxime groups is 1. The highest BCUT2D eigenvalue weighted by atomic mass is 32.2. The monoisotopic (exact) mass is 664 g/mol. The van der Waals surface area contributed by atoms with E-state index in [2.05, 4.69) is 25.8 Å². The van der Waals surface area contributed by atoms with E-state index in [4.69, 9.17) is 19.0 Å². The lowest BCUT2D eigenvalue weighted by molar-refractivity contribution is -0.179. The number of methoxy groups -OCH3 is 1. The highest BCUT2D eigenvalue weighted by molar-refractivity contribution is 8.03. The molecule has 1 saturated heterocycles. The quantitative estimate of drug-likeness (QED) is 0.112. The smallest absolute Gasteiger partial charge is 0.336 e. The number of carbonyl (C=O) groups is 4. The number of thiazole rings is 2. The number of hydrogen-bond donors (Lipinski definition) is 2. The molecular weight excluding hydrogens is 633 g/mol. The topological polar surface area (TPSA) is 171 Å². The van der Waals surface area contributed by atoms with Gasteiger partial charge in [-0.15, -0.1) is 34.4 Å². The second-order valence-electron chi connectivity index (χ2n) is 10.4. The molecule has 236 valence electrons. The van der Waals surface area contributed by atoms with Crippen molar-refractivity contribution in [3.63, 3.8) is 0 Å². The number of fused-ring (bicyclic) bond motifs is 1. The van der Waals surface area contributed by atoms with E-state index in [9.17, 15) is 19.2 Å². The van der Waals surface area contributed by atoms with Crippen molar-refractivity contribution < 1.29 is 38.2 Å². The largest absolute Gasteiger partial charge is 0.427 e. The number of anilines is 1. The maximum atomic E-state index is 13.5. The molecule has 2 aliphatic heterocycles. The standard InChI is InChI=1S/C27H32N6O8S3/c1-14-17(44-12-29-14)8-7-15-9-42-23-19(22(35)33(23)20(15)24(36)40-13-41-25(37)27(2,3)4)31-21(34)18(32-39-6)16-10-43-26(30-16)28-11-38-5/h7-10,12,19-20,23H,11,13H2,1-6H3,(H,28,30)(H,31,34)/b8-7-,32-18-/t19-,20?,23-/m1/s1. The zero-order chi connectivity index (χ0) is 32.0. The average molecular weight is 665 g/mol. The third kappa shape index (κ3) is 7.46. The summed E-state index contributed by atoms with van der Waals surface area (Å²) in [5.41, 5.74) is 2.34. The van der Waals surface area contributed by atoms with Crippen LogP contribution in [0.15, 0.2) is 33.1 Å². The zero-order valence-corrected chi connectivity index (χ0v) is 27.3. The number of esters is 2. The van der Waals surface area contributed by atoms with Crippen molar-refractivity contribution in [2.45, 2.75) is 45.2 Å². The molecule has 1 unspecified atom stereocenters. The number of β-lactam (4-membered cyclic amide) rings is 1. The summed E-state index contributed by atoms with van der Waals surface area (Å²) in [5, 5.41) is 12.7. The number of carbonyl (C=O) groups excluding carboxylic acids is 4. The number of nitrogens with zero attached hydrogens (tertiary/aromatic N) is 4. The number of aromatic nitrogens is 2. The van der Waals surface area contributed by atoms with Gasteiger partial charge in [-0.3, -0.25) is 14.4 Å². The Balaban J connectivity index is 1.52. The molecule has 17 heteroatoms. The van der Waals surface area contributed by atoms with Gasteiger partial charge >= 0.3 is 11.9 Å². The third-order valence-corrected chi connectivity index (χ3v) is 9.14. The number of rotatable bonds is 12. The molecule has 0 aromatic carbocycles. The van der Waals surface area contributed by atoms with Crippen molar-refractivity contribution in [2.75, 3.05) is 33.1 Å². The summed E-state index contributed by atoms with van der Waals surface area (Å²) in [6.45, 7) is 6.50. The Morgan fingerprint density at radius 1 is 1.16 bits per heavy atom. The Labute approximate surface area is 265 Å². The van der Waals surface area contributed by atoms with Crippen molar-refractivity contribution in [1.29, 1.82) is 0 Å². The Kier molecular flexibility index (Phi) is 10.8. The van der Waals surface area contributed by atoms with Crippen molar-refractivity contribution in [3.8, 4) is 0 Å². The molecule has 0 spiro atoms. The maximum absolute atomic E-state index is 13.5. The van der Waals surface area contributed by atoms with Crippen LogP contribution in [-0.4, -0.2) is 89.5 Å². The first-order valence-corrected chi connectivity index (χ1v) is 15.9. The fourth-order valence-corrected chi connectivity index (χ4v) is 6.55. The Bertz CT molecular complexity index is 1490. The second-order valence-corrected chi connectivity index (χ2v) is 13.1. The third-order valence-electron chi connectivity index (χ3n) is 6.25. The molecule has 2 aromatic heterocycles. The van der Waals surface area contributed by atoms with Gasteiger partial charge in [0.1, 0.15) is 31.0 Å². The number of hydrogen-bond acceptors (Lipinski definition) is 15. The fraction of sp³-hybridized carbons (Fsp3) is 0.444. The first-order chi connectivity index (χ1) is 21.0. The van der Waals surface area contributed by atoms with Crippen LogP contribution in [-0.2, 0) is 38.2 Å². The van der Waals surface area contributed by atoms with Gasteiger partial charge in [-0.25, -0.2) is 14.8 Å². The summed E-state index contributed by atoms with van der Waals surface area (Å²) in [6, 6.07) is -2.11. The van der Waals surface area contributed by atoms with Gasteiger partial charge in [0.25, 0.3) is 5.91 Å². The van der Waals surface area contributed by atoms with E-state index in [1.54, 1.807) is 49.2 Å². The van der Waals surface area contributed by atoms with E-state index in [0.717, 1.165) is 10.6 Å². The van der Waals surface area contributed by atoms with Crippen LogP contribution in [0.4, 0.5) is 5.13 Å². The molecule has 2 amide bonds. The van der Waals surface area contributed by atoms with E-state index >= 15 is 0 Å². The fourth-order valence-electron chi connectivity index (χ4n) is 3.97. The molecule has 2 aliphatic rings. The summed E-state index contributed by atoms with van der Waals surface area (Å²) in [5.74, 6) is -2.52. The molecule has 14 nitrogen and oxygen atoms in total. The first-order valence-electron chi connectivity index (χ1n) is 13.2. The minimum atomic E-state index is -1.14. The predicted octanol–water partition coefficient (Wildman–Crippen LogP) is 2.73. The van der Waals surface area contributed by atoms with Gasteiger partial charge in [0, 0.05) is 17.4 Å². The van der Waals surface area contributed by atoms with E-state index in [1.807, 2.05) is 6.92 Å². The predicted molar refractivity (Wildman–Crippen MR) is 166 cm³/mol. The first kappa shape index (κ1) is 33.1. The molecule has 0 aliphatic carbocycles. The van der Waals surface area contributed by atoms with Crippen LogP contribution in [0.3, 0.4) is 0 Å². The van der Waals surface area contributed by atoms with Crippen molar-refractivity contribution in [3.05, 3.63) is 44.2 Å². The number of aryl methyl sites for hydroxylation is 1. The van der Waals surface area contributed by atoms with E-state index < -0.39 is 53.4 Å². The highest BCUT2D eigenvalue weighted by Crippen LogP contribution is 2.41. The van der Waals surface area contributed by atoms with Crippen LogP contribution in [0.25, 0.3) is 6.08 Å². The SMILES string of the molecule is COCNc1nc(/C(=N/OC)C(=O)N[C@@H]2C(=O)N3C(C(=O)OCOC(=O)C(C)(C)C)C(/C=C\c4scnc4C)=CS[C@H]23)cs1. The minimum Gasteiger partial charge on any atom is -0.427 e. The van der Waals surface area contributed by atoms with Crippen molar-refractivity contribution in [2.24, 2.45) is 10.6 Å². The zero-order valence-electron chi connectivity index (χ0n) is 24.8. The molecule has 0 radical (unpaired) electrons.